The van der Waals surface area contributed by atoms with E-state index in [2.05, 4.69) is 31.5 Å². The van der Waals surface area contributed by atoms with E-state index in [9.17, 15) is 18.0 Å². The summed E-state index contributed by atoms with van der Waals surface area (Å²) in [6.07, 6.45) is -0.885. The minimum absolute atomic E-state index is 0.135. The van der Waals surface area contributed by atoms with Crippen molar-refractivity contribution in [1.82, 2.24) is 24.8 Å². The maximum absolute atomic E-state index is 13.4. The summed E-state index contributed by atoms with van der Waals surface area (Å²) in [4.78, 5) is 29.4. The molecule has 11 heteroatoms. The number of nitrogens with two attached hydrogens (primary N) is 1. The molecule has 3 heterocycles. The normalized spacial score (nSPS) is 15.3. The van der Waals surface area contributed by atoms with Crippen molar-refractivity contribution >= 4 is 11.7 Å². The molecule has 1 saturated heterocycles. The topological polar surface area (TPSA) is 97.5 Å². The highest BCUT2D eigenvalue weighted by molar-refractivity contribution is 5.98. The Labute approximate surface area is 218 Å². The van der Waals surface area contributed by atoms with E-state index in [1.165, 1.54) is 24.7 Å². The molecule has 198 valence electrons. The van der Waals surface area contributed by atoms with Crippen molar-refractivity contribution in [3.8, 4) is 28.8 Å². The summed E-state index contributed by atoms with van der Waals surface area (Å²) < 4.78 is 44.5. The van der Waals surface area contributed by atoms with Crippen molar-refractivity contribution in [3.63, 3.8) is 0 Å². The number of halogens is 3. The number of carbonyl (C=O) groups is 1. The third kappa shape index (κ3) is 6.20. The number of benzene rings is 1. The number of rotatable bonds is 5. The molecule has 1 amide bonds. The molecule has 38 heavy (non-hydrogen) atoms. The van der Waals surface area contributed by atoms with Crippen LogP contribution in [0.2, 0.25) is 0 Å². The number of likely N-dealkylation sites (N-methyl/N-ethyl adjacent to an activating group) is 1. The second-order valence-corrected chi connectivity index (χ2v) is 9.04. The van der Waals surface area contributed by atoms with Gasteiger partial charge in [-0.25, -0.2) is 15.0 Å². The monoisotopic (exact) mass is 524 g/mol. The zero-order valence-corrected chi connectivity index (χ0v) is 21.2. The zero-order chi connectivity index (χ0) is 27.4. The van der Waals surface area contributed by atoms with Crippen LogP contribution in [0.3, 0.4) is 0 Å². The Bertz CT molecular complexity index is 1380. The van der Waals surface area contributed by atoms with E-state index in [-0.39, 0.29) is 11.6 Å². The molecule has 1 fully saturated rings. The SMILES string of the molecule is CCc1ncnc(-c2ccc(C(=O)N3CCC(N(C)C)C3)c(OC(F)(F)F)c2)c1C#Cc1ccc(N)nc1. The van der Waals surface area contributed by atoms with Crippen LogP contribution in [0.4, 0.5) is 19.0 Å². The van der Waals surface area contributed by atoms with Gasteiger partial charge in [0.1, 0.15) is 17.9 Å². The Morgan fingerprint density at radius 3 is 2.61 bits per heavy atom. The van der Waals surface area contributed by atoms with Gasteiger partial charge in [-0.15, -0.1) is 13.2 Å². The summed E-state index contributed by atoms with van der Waals surface area (Å²) in [5.74, 6) is 5.26. The van der Waals surface area contributed by atoms with Crippen molar-refractivity contribution in [1.29, 1.82) is 0 Å². The molecular formula is C27H27F3N6O2. The molecule has 0 radical (unpaired) electrons. The van der Waals surface area contributed by atoms with Crippen molar-refractivity contribution in [2.75, 3.05) is 32.9 Å². The molecule has 1 aromatic carbocycles. The molecule has 2 N–H and O–H groups in total. The molecular weight excluding hydrogens is 497 g/mol. The molecule has 3 aromatic rings. The number of carbonyl (C=O) groups excluding carboxylic acids is 1. The van der Waals surface area contributed by atoms with Gasteiger partial charge in [0.25, 0.3) is 5.91 Å². The van der Waals surface area contributed by atoms with Gasteiger partial charge in [-0.2, -0.15) is 0 Å². The van der Waals surface area contributed by atoms with E-state index in [0.717, 1.165) is 6.42 Å². The maximum Gasteiger partial charge on any atom is 0.573 e. The maximum atomic E-state index is 13.4. The predicted octanol–water partition coefficient (Wildman–Crippen LogP) is 3.76. The fraction of sp³-hybridized carbons (Fsp3) is 0.333. The second-order valence-electron chi connectivity index (χ2n) is 9.04. The highest BCUT2D eigenvalue weighted by Gasteiger charge is 2.35. The lowest BCUT2D eigenvalue weighted by Crippen LogP contribution is -2.35. The predicted molar refractivity (Wildman–Crippen MR) is 136 cm³/mol. The minimum atomic E-state index is -4.99. The van der Waals surface area contributed by atoms with Crippen LogP contribution in [0.25, 0.3) is 11.3 Å². The Hall–Kier alpha value is -4.17. The highest BCUT2D eigenvalue weighted by Crippen LogP contribution is 2.34. The number of hydrogen-bond donors (Lipinski definition) is 1. The molecule has 1 aliphatic rings. The summed E-state index contributed by atoms with van der Waals surface area (Å²) in [5, 5.41) is 0. The molecule has 1 atom stereocenters. The van der Waals surface area contributed by atoms with Crippen LogP contribution in [0, 0.1) is 11.8 Å². The van der Waals surface area contributed by atoms with Gasteiger partial charge in [0.05, 0.1) is 22.5 Å². The Balaban J connectivity index is 1.76. The Kier molecular flexibility index (Phi) is 7.83. The van der Waals surface area contributed by atoms with Crippen LogP contribution >= 0.6 is 0 Å². The van der Waals surface area contributed by atoms with Crippen LogP contribution in [0.15, 0.2) is 42.9 Å². The van der Waals surface area contributed by atoms with Crippen molar-refractivity contribution in [3.05, 3.63) is 65.2 Å². The van der Waals surface area contributed by atoms with Gasteiger partial charge in [-0.3, -0.25) is 4.79 Å². The van der Waals surface area contributed by atoms with E-state index in [1.54, 1.807) is 23.1 Å². The first-order chi connectivity index (χ1) is 18.1. The quantitative estimate of drug-likeness (QED) is 0.508. The number of pyridine rings is 1. The summed E-state index contributed by atoms with van der Waals surface area (Å²) >= 11 is 0. The summed E-state index contributed by atoms with van der Waals surface area (Å²) in [6.45, 7) is 2.75. The lowest BCUT2D eigenvalue weighted by atomic mass is 10.0. The lowest BCUT2D eigenvalue weighted by Gasteiger charge is -2.22. The molecule has 0 aliphatic carbocycles. The first kappa shape index (κ1) is 26.9. The van der Waals surface area contributed by atoms with Crippen molar-refractivity contribution in [2.45, 2.75) is 32.2 Å². The lowest BCUT2D eigenvalue weighted by molar-refractivity contribution is -0.274. The fourth-order valence-corrected chi connectivity index (χ4v) is 4.23. The average molecular weight is 525 g/mol. The molecule has 1 aliphatic heterocycles. The number of amides is 1. The van der Waals surface area contributed by atoms with Gasteiger partial charge in [0.15, 0.2) is 0 Å². The van der Waals surface area contributed by atoms with E-state index < -0.39 is 18.0 Å². The highest BCUT2D eigenvalue weighted by atomic mass is 19.4. The number of nitrogens with zero attached hydrogens (tertiary/aromatic N) is 5. The van der Waals surface area contributed by atoms with Crippen LogP contribution in [-0.2, 0) is 6.42 Å². The van der Waals surface area contributed by atoms with Gasteiger partial charge in [-0.1, -0.05) is 24.8 Å². The molecule has 8 nitrogen and oxygen atoms in total. The summed E-state index contributed by atoms with van der Waals surface area (Å²) in [5.41, 5.74) is 7.77. The fourth-order valence-electron chi connectivity index (χ4n) is 4.23. The van der Waals surface area contributed by atoms with E-state index in [1.807, 2.05) is 25.9 Å². The van der Waals surface area contributed by atoms with E-state index in [4.69, 9.17) is 5.73 Å². The number of ether oxygens (including phenoxy) is 1. The Morgan fingerprint density at radius 1 is 1.18 bits per heavy atom. The van der Waals surface area contributed by atoms with Gasteiger partial charge in [-0.05, 0) is 51.2 Å². The standard InChI is InChI=1S/C27H27F3N6O2/c1-4-22-20(8-5-17-6-10-24(31)32-14-17)25(34-16-33-22)18-7-9-21(23(13-18)38-27(28,29)30)26(37)36-12-11-19(15-36)35(2)3/h6-7,9-10,13-14,16,19H,4,11-12,15H2,1-3H3,(H2,31,32). The molecule has 4 rings (SSSR count). The average Bonchev–Trinajstić information content (AvgIpc) is 3.38. The number of alkyl halides is 3. The number of nitrogen functional groups attached to an aromatic ring is 1. The van der Waals surface area contributed by atoms with Gasteiger partial charge in [0.2, 0.25) is 0 Å². The van der Waals surface area contributed by atoms with Gasteiger partial charge >= 0.3 is 6.36 Å². The Morgan fingerprint density at radius 2 is 1.97 bits per heavy atom. The number of aromatic nitrogens is 3. The molecule has 2 aromatic heterocycles. The van der Waals surface area contributed by atoms with E-state index >= 15 is 0 Å². The number of likely N-dealkylation sites (tertiary alicyclic amines) is 1. The molecule has 0 bridgehead atoms. The molecule has 0 saturated carbocycles. The number of anilines is 1. The number of hydrogen-bond acceptors (Lipinski definition) is 7. The third-order valence-corrected chi connectivity index (χ3v) is 6.27. The smallest absolute Gasteiger partial charge is 0.405 e. The first-order valence-electron chi connectivity index (χ1n) is 12.0. The van der Waals surface area contributed by atoms with Crippen LogP contribution in [0.1, 0.15) is 40.5 Å². The zero-order valence-electron chi connectivity index (χ0n) is 21.2. The van der Waals surface area contributed by atoms with Crippen molar-refractivity contribution in [2.24, 2.45) is 0 Å². The largest absolute Gasteiger partial charge is 0.573 e. The third-order valence-electron chi connectivity index (χ3n) is 6.27. The van der Waals surface area contributed by atoms with Crippen LogP contribution < -0.4 is 10.5 Å². The molecule has 0 spiro atoms. The minimum Gasteiger partial charge on any atom is -0.405 e. The van der Waals surface area contributed by atoms with E-state index in [0.29, 0.717) is 53.4 Å². The van der Waals surface area contributed by atoms with Crippen molar-refractivity contribution < 1.29 is 22.7 Å². The van der Waals surface area contributed by atoms with Crippen LogP contribution in [0.5, 0.6) is 5.75 Å². The van der Waals surface area contributed by atoms with Crippen LogP contribution in [-0.4, -0.2) is 70.2 Å². The number of aryl methyl sites for hydroxylation is 1. The van der Waals surface area contributed by atoms with Gasteiger partial charge in [0, 0.05) is 36.5 Å². The molecule has 1 unspecified atom stereocenters. The second kappa shape index (κ2) is 11.1. The summed E-state index contributed by atoms with van der Waals surface area (Å²) in [6, 6.07) is 7.53. The summed E-state index contributed by atoms with van der Waals surface area (Å²) in [7, 11) is 3.81. The van der Waals surface area contributed by atoms with Gasteiger partial charge < -0.3 is 20.3 Å². The first-order valence-corrected chi connectivity index (χ1v) is 12.0.